The molecule has 0 saturated carbocycles. The predicted octanol–water partition coefficient (Wildman–Crippen LogP) is 3.28. The lowest BCUT2D eigenvalue weighted by Gasteiger charge is -2.08. The summed E-state index contributed by atoms with van der Waals surface area (Å²) < 4.78 is 5.48. The highest BCUT2D eigenvalue weighted by Crippen LogP contribution is 2.22. The van der Waals surface area contributed by atoms with Gasteiger partial charge in [-0.05, 0) is 18.9 Å². The Hall–Kier alpha value is -2.36. The largest absolute Gasteiger partial charge is 0.478 e. The Labute approximate surface area is 111 Å². The van der Waals surface area contributed by atoms with Crippen LogP contribution >= 0.6 is 0 Å². The van der Waals surface area contributed by atoms with Crippen LogP contribution in [0.5, 0.6) is 5.88 Å². The third-order valence-corrected chi connectivity index (χ3v) is 2.73. The SMILES string of the molecule is C=CCCCOc1cc(C(=O)O)c2ccccc2n1. The number of carbonyl (C=O) groups is 1. The van der Waals surface area contributed by atoms with E-state index in [0.717, 1.165) is 12.8 Å². The van der Waals surface area contributed by atoms with Crippen LogP contribution in [0.15, 0.2) is 43.0 Å². The zero-order chi connectivity index (χ0) is 13.7. The third-order valence-electron chi connectivity index (χ3n) is 2.73. The number of aromatic nitrogens is 1. The van der Waals surface area contributed by atoms with Gasteiger partial charge >= 0.3 is 5.97 Å². The maximum Gasteiger partial charge on any atom is 0.336 e. The van der Waals surface area contributed by atoms with E-state index < -0.39 is 5.97 Å². The number of carboxylic acids is 1. The number of aromatic carboxylic acids is 1. The number of unbranched alkanes of at least 4 members (excludes halogenated alkanes) is 1. The molecule has 0 aliphatic carbocycles. The van der Waals surface area contributed by atoms with E-state index in [1.54, 1.807) is 18.2 Å². The molecular weight excluding hydrogens is 242 g/mol. The molecule has 0 spiro atoms. The van der Waals surface area contributed by atoms with Crippen LogP contribution in [-0.2, 0) is 0 Å². The number of hydrogen-bond acceptors (Lipinski definition) is 3. The molecule has 1 aromatic carbocycles. The Morgan fingerprint density at radius 1 is 1.42 bits per heavy atom. The summed E-state index contributed by atoms with van der Waals surface area (Å²) in [4.78, 5) is 15.6. The zero-order valence-electron chi connectivity index (χ0n) is 10.5. The number of nitrogens with zero attached hydrogens (tertiary/aromatic N) is 1. The maximum absolute atomic E-state index is 11.2. The lowest BCUT2D eigenvalue weighted by molar-refractivity contribution is 0.0698. The van der Waals surface area contributed by atoms with E-state index in [9.17, 15) is 9.90 Å². The summed E-state index contributed by atoms with van der Waals surface area (Å²) in [5.74, 6) is -0.630. The van der Waals surface area contributed by atoms with Gasteiger partial charge in [-0.1, -0.05) is 24.3 Å². The van der Waals surface area contributed by atoms with Gasteiger partial charge in [-0.15, -0.1) is 6.58 Å². The van der Waals surface area contributed by atoms with Crippen LogP contribution < -0.4 is 4.74 Å². The quantitative estimate of drug-likeness (QED) is 0.637. The van der Waals surface area contributed by atoms with Crippen molar-refractivity contribution in [3.8, 4) is 5.88 Å². The average molecular weight is 257 g/mol. The summed E-state index contributed by atoms with van der Waals surface area (Å²) >= 11 is 0. The zero-order valence-corrected chi connectivity index (χ0v) is 10.5. The van der Waals surface area contributed by atoms with Gasteiger partial charge in [-0.2, -0.15) is 0 Å². The smallest absolute Gasteiger partial charge is 0.336 e. The van der Waals surface area contributed by atoms with Crippen molar-refractivity contribution in [2.75, 3.05) is 6.61 Å². The minimum Gasteiger partial charge on any atom is -0.478 e. The summed E-state index contributed by atoms with van der Waals surface area (Å²) in [5, 5.41) is 9.84. The Bertz CT molecular complexity index is 607. The van der Waals surface area contributed by atoms with Crippen molar-refractivity contribution in [1.29, 1.82) is 0 Å². The first-order chi connectivity index (χ1) is 9.22. The fourth-order valence-corrected chi connectivity index (χ4v) is 1.81. The molecule has 0 aliphatic heterocycles. The van der Waals surface area contributed by atoms with Crippen molar-refractivity contribution in [3.05, 3.63) is 48.6 Å². The first-order valence-electron chi connectivity index (χ1n) is 6.09. The summed E-state index contributed by atoms with van der Waals surface area (Å²) in [7, 11) is 0. The predicted molar refractivity (Wildman–Crippen MR) is 73.6 cm³/mol. The number of fused-ring (bicyclic) bond motifs is 1. The Balaban J connectivity index is 2.30. The molecule has 0 atom stereocenters. The second kappa shape index (κ2) is 6.00. The van der Waals surface area contributed by atoms with Crippen LogP contribution in [0.1, 0.15) is 23.2 Å². The van der Waals surface area contributed by atoms with E-state index in [4.69, 9.17) is 4.74 Å². The highest BCUT2D eigenvalue weighted by molar-refractivity contribution is 6.02. The van der Waals surface area contributed by atoms with E-state index in [-0.39, 0.29) is 5.56 Å². The van der Waals surface area contributed by atoms with Crippen LogP contribution in [0, 0.1) is 0 Å². The molecule has 0 radical (unpaired) electrons. The fraction of sp³-hybridized carbons (Fsp3) is 0.200. The number of para-hydroxylation sites is 1. The molecule has 98 valence electrons. The lowest BCUT2D eigenvalue weighted by Crippen LogP contribution is -2.03. The van der Waals surface area contributed by atoms with Crippen LogP contribution in [0.25, 0.3) is 10.9 Å². The number of rotatable bonds is 6. The van der Waals surface area contributed by atoms with E-state index in [1.807, 2.05) is 12.1 Å². The van der Waals surface area contributed by atoms with Crippen LogP contribution in [-0.4, -0.2) is 22.7 Å². The van der Waals surface area contributed by atoms with Gasteiger partial charge in [0.15, 0.2) is 0 Å². The second-order valence-corrected chi connectivity index (χ2v) is 4.11. The second-order valence-electron chi connectivity index (χ2n) is 4.11. The molecule has 1 heterocycles. The molecule has 19 heavy (non-hydrogen) atoms. The molecule has 4 nitrogen and oxygen atoms in total. The van der Waals surface area contributed by atoms with Crippen LogP contribution in [0.4, 0.5) is 0 Å². The van der Waals surface area contributed by atoms with Crippen molar-refractivity contribution >= 4 is 16.9 Å². The number of allylic oxidation sites excluding steroid dienone is 1. The van der Waals surface area contributed by atoms with Crippen molar-refractivity contribution in [2.45, 2.75) is 12.8 Å². The maximum atomic E-state index is 11.2. The first kappa shape index (κ1) is 13.1. The lowest BCUT2D eigenvalue weighted by atomic mass is 10.1. The van der Waals surface area contributed by atoms with Gasteiger partial charge in [-0.25, -0.2) is 9.78 Å². The van der Waals surface area contributed by atoms with Crippen molar-refractivity contribution in [1.82, 2.24) is 4.98 Å². The number of ether oxygens (including phenoxy) is 1. The minimum absolute atomic E-state index is 0.212. The van der Waals surface area contributed by atoms with Gasteiger partial charge in [0.1, 0.15) is 0 Å². The highest BCUT2D eigenvalue weighted by Gasteiger charge is 2.11. The molecule has 0 fully saturated rings. The summed E-state index contributed by atoms with van der Waals surface area (Å²) in [6, 6.07) is 8.60. The van der Waals surface area contributed by atoms with E-state index in [0.29, 0.717) is 23.4 Å². The molecular formula is C15H15NO3. The Morgan fingerprint density at radius 2 is 2.21 bits per heavy atom. The average Bonchev–Trinajstić information content (AvgIpc) is 2.42. The monoisotopic (exact) mass is 257 g/mol. The minimum atomic E-state index is -0.977. The van der Waals surface area contributed by atoms with Crippen molar-refractivity contribution in [3.63, 3.8) is 0 Å². The summed E-state index contributed by atoms with van der Waals surface area (Å²) in [6.07, 6.45) is 3.51. The molecule has 0 bridgehead atoms. The van der Waals surface area contributed by atoms with E-state index in [2.05, 4.69) is 11.6 Å². The first-order valence-corrected chi connectivity index (χ1v) is 6.09. The van der Waals surface area contributed by atoms with Crippen molar-refractivity contribution in [2.24, 2.45) is 0 Å². The number of benzene rings is 1. The Morgan fingerprint density at radius 3 is 2.95 bits per heavy atom. The van der Waals surface area contributed by atoms with Gasteiger partial charge in [0.2, 0.25) is 5.88 Å². The molecule has 4 heteroatoms. The standard InChI is InChI=1S/C15H15NO3/c1-2-3-6-9-19-14-10-12(15(17)18)11-7-4-5-8-13(11)16-14/h2,4-5,7-8,10H,1,3,6,9H2,(H,17,18). The molecule has 1 aromatic heterocycles. The highest BCUT2D eigenvalue weighted by atomic mass is 16.5. The van der Waals surface area contributed by atoms with Gasteiger partial charge < -0.3 is 9.84 Å². The van der Waals surface area contributed by atoms with Crippen LogP contribution in [0.3, 0.4) is 0 Å². The van der Waals surface area contributed by atoms with Gasteiger partial charge in [0.25, 0.3) is 0 Å². The molecule has 2 aromatic rings. The van der Waals surface area contributed by atoms with Gasteiger partial charge in [0.05, 0.1) is 17.7 Å². The van der Waals surface area contributed by atoms with Crippen molar-refractivity contribution < 1.29 is 14.6 Å². The topological polar surface area (TPSA) is 59.4 Å². The summed E-state index contributed by atoms with van der Waals surface area (Å²) in [5.41, 5.74) is 0.838. The Kier molecular flexibility index (Phi) is 4.13. The van der Waals surface area contributed by atoms with Crippen LogP contribution in [0.2, 0.25) is 0 Å². The molecule has 0 aliphatic rings. The third kappa shape index (κ3) is 3.10. The molecule has 1 N–H and O–H groups in total. The normalized spacial score (nSPS) is 10.3. The number of hydrogen-bond donors (Lipinski definition) is 1. The molecule has 0 amide bonds. The molecule has 2 rings (SSSR count). The van der Waals surface area contributed by atoms with Gasteiger partial charge in [-0.3, -0.25) is 0 Å². The van der Waals surface area contributed by atoms with E-state index >= 15 is 0 Å². The van der Waals surface area contributed by atoms with Gasteiger partial charge in [0, 0.05) is 11.5 Å². The van der Waals surface area contributed by atoms with E-state index in [1.165, 1.54) is 6.07 Å². The fourth-order valence-electron chi connectivity index (χ4n) is 1.81. The molecule has 0 unspecified atom stereocenters. The number of pyridine rings is 1. The molecule has 0 saturated heterocycles. The summed E-state index contributed by atoms with van der Waals surface area (Å²) in [6.45, 7) is 4.13. The number of carboxylic acid groups (broad SMARTS) is 1.